The van der Waals surface area contributed by atoms with Crippen LogP contribution in [0.15, 0.2) is 72.8 Å². The van der Waals surface area contributed by atoms with Gasteiger partial charge in [-0.1, -0.05) is 78.5 Å². The fraction of sp³-hybridized carbons (Fsp3) is 0.440. The van der Waals surface area contributed by atoms with Gasteiger partial charge in [0, 0.05) is 5.41 Å². The molecule has 3 heteroatoms. The van der Waals surface area contributed by atoms with E-state index in [9.17, 15) is 0 Å². The van der Waals surface area contributed by atoms with Gasteiger partial charge in [0.25, 0.3) is 0 Å². The molecule has 4 fully saturated rings. The molecule has 0 heterocycles. The summed E-state index contributed by atoms with van der Waals surface area (Å²) < 4.78 is 2.17. The van der Waals surface area contributed by atoms with Gasteiger partial charge in [0.05, 0.1) is 0 Å². The van der Waals surface area contributed by atoms with Gasteiger partial charge < -0.3 is 24.8 Å². The molecule has 4 aromatic carbocycles. The summed E-state index contributed by atoms with van der Waals surface area (Å²) in [6.45, 7) is 18.2. The number of aryl methyl sites for hydroxylation is 2. The third-order valence-electron chi connectivity index (χ3n) is 13.5. The SMILES string of the molecule is CC1=[C-]C(C)(C)c2cc3c(cc21)-c1cc2c(cc1C3)C(C)(C)C=C2C.Cc1cc(CC23CC4CC(CC(C4)C2)C3)c(C)[cH-]1.[Cl-].[Cl-].[Zr+2]=[CH]c1ccccc1. The van der Waals surface area contributed by atoms with Crippen molar-refractivity contribution in [3.8, 4) is 11.1 Å². The topological polar surface area (TPSA) is 0 Å². The molecule has 53 heavy (non-hydrogen) atoms. The first kappa shape index (κ1) is 40.5. The van der Waals surface area contributed by atoms with Gasteiger partial charge in [0.2, 0.25) is 0 Å². The number of hydrogen-bond donors (Lipinski definition) is 0. The summed E-state index contributed by atoms with van der Waals surface area (Å²) >= 11 is 1.46. The minimum atomic E-state index is 0. The van der Waals surface area contributed by atoms with E-state index in [0.29, 0.717) is 5.41 Å². The van der Waals surface area contributed by atoms with Crippen molar-refractivity contribution >= 4 is 14.9 Å². The predicted molar refractivity (Wildman–Crippen MR) is 214 cm³/mol. The molecule has 0 aromatic heterocycles. The second-order valence-corrected chi connectivity index (χ2v) is 19.3. The minimum absolute atomic E-state index is 0. The van der Waals surface area contributed by atoms with Gasteiger partial charge in [0.1, 0.15) is 0 Å². The molecular formula is C50H56Cl2Zr-2. The van der Waals surface area contributed by atoms with Crippen LogP contribution in [0.25, 0.3) is 22.3 Å². The van der Waals surface area contributed by atoms with Crippen LogP contribution < -0.4 is 24.8 Å². The van der Waals surface area contributed by atoms with Crippen LogP contribution in [-0.4, -0.2) is 3.71 Å². The van der Waals surface area contributed by atoms with Crippen LogP contribution in [0.3, 0.4) is 0 Å². The van der Waals surface area contributed by atoms with Crippen molar-refractivity contribution in [2.24, 2.45) is 23.2 Å². The van der Waals surface area contributed by atoms with E-state index in [1.54, 1.807) is 49.7 Å². The van der Waals surface area contributed by atoms with Crippen molar-refractivity contribution in [1.29, 1.82) is 0 Å². The molecule has 4 saturated carbocycles. The summed E-state index contributed by atoms with van der Waals surface area (Å²) in [5.74, 6) is 3.27. The van der Waals surface area contributed by atoms with Crippen LogP contribution in [0.1, 0.15) is 136 Å². The summed E-state index contributed by atoms with van der Waals surface area (Å²) in [6.07, 6.45) is 17.9. The van der Waals surface area contributed by atoms with Crippen LogP contribution in [-0.2, 0) is 47.9 Å². The van der Waals surface area contributed by atoms with Crippen molar-refractivity contribution in [2.45, 2.75) is 118 Å². The molecule has 0 amide bonds. The Morgan fingerprint density at radius 2 is 1.30 bits per heavy atom. The fourth-order valence-electron chi connectivity index (χ4n) is 11.8. The first-order valence-electron chi connectivity index (χ1n) is 19.7. The van der Waals surface area contributed by atoms with E-state index in [-0.39, 0.29) is 35.6 Å². The Labute approximate surface area is 347 Å². The zero-order valence-electron chi connectivity index (χ0n) is 33.2. The van der Waals surface area contributed by atoms with Crippen molar-refractivity contribution in [1.82, 2.24) is 0 Å². The monoisotopic (exact) mass is 816 g/mol. The molecule has 0 saturated heterocycles. The molecule has 4 bridgehead atoms. The maximum atomic E-state index is 3.65. The molecular weight excluding hydrogens is 763 g/mol. The number of fused-ring (bicyclic) bond motifs is 5. The molecule has 0 atom stereocenters. The molecule has 7 aliphatic rings. The van der Waals surface area contributed by atoms with E-state index >= 15 is 0 Å². The molecule has 0 spiro atoms. The first-order valence-corrected chi connectivity index (χ1v) is 21.1. The summed E-state index contributed by atoms with van der Waals surface area (Å²) in [5, 5.41) is 0. The fourth-order valence-corrected chi connectivity index (χ4v) is 12.3. The third kappa shape index (κ3) is 7.68. The average Bonchev–Trinajstić information content (AvgIpc) is 3.72. The molecule has 0 aliphatic heterocycles. The summed E-state index contributed by atoms with van der Waals surface area (Å²) in [4.78, 5) is 0. The third-order valence-corrected chi connectivity index (χ3v) is 14.3. The van der Waals surface area contributed by atoms with Gasteiger partial charge in [-0.3, -0.25) is 6.08 Å². The Balaban J connectivity index is 0.000000150. The summed E-state index contributed by atoms with van der Waals surface area (Å²) in [6, 6.07) is 25.0. The van der Waals surface area contributed by atoms with Gasteiger partial charge in [-0.2, -0.15) is 28.3 Å². The molecule has 0 N–H and O–H groups in total. The van der Waals surface area contributed by atoms with E-state index in [4.69, 9.17) is 0 Å². The van der Waals surface area contributed by atoms with Crippen LogP contribution in [0.5, 0.6) is 0 Å². The molecule has 4 aromatic rings. The number of benzene rings is 3. The van der Waals surface area contributed by atoms with E-state index in [2.05, 4.69) is 132 Å². The second-order valence-electron chi connectivity index (χ2n) is 18.6. The summed E-state index contributed by atoms with van der Waals surface area (Å²) in [5.41, 5.74) is 21.3. The van der Waals surface area contributed by atoms with Gasteiger partial charge in [0.15, 0.2) is 0 Å². The van der Waals surface area contributed by atoms with Crippen LogP contribution in [0.4, 0.5) is 0 Å². The number of allylic oxidation sites excluding steroid dienone is 4. The van der Waals surface area contributed by atoms with Crippen molar-refractivity contribution < 1.29 is 49.0 Å². The number of hydrogen-bond acceptors (Lipinski definition) is 0. The van der Waals surface area contributed by atoms with Gasteiger partial charge in [-0.25, -0.2) is 11.6 Å². The maximum absolute atomic E-state index is 3.65. The molecule has 0 radical (unpaired) electrons. The van der Waals surface area contributed by atoms with E-state index in [1.807, 2.05) is 6.07 Å². The molecule has 0 unspecified atom stereocenters. The first-order chi connectivity index (χ1) is 24.2. The van der Waals surface area contributed by atoms with Crippen molar-refractivity contribution in [3.63, 3.8) is 0 Å². The normalized spacial score (nSPS) is 25.1. The number of halogens is 2. The summed E-state index contributed by atoms with van der Waals surface area (Å²) in [7, 11) is 0. The Kier molecular flexibility index (Phi) is 11.5. The van der Waals surface area contributed by atoms with Crippen LogP contribution >= 0.6 is 0 Å². The molecule has 276 valence electrons. The van der Waals surface area contributed by atoms with E-state index in [0.717, 1.165) is 24.2 Å². The van der Waals surface area contributed by atoms with Crippen molar-refractivity contribution in [2.75, 3.05) is 0 Å². The Morgan fingerprint density at radius 1 is 0.736 bits per heavy atom. The predicted octanol–water partition coefficient (Wildman–Crippen LogP) is 6.62. The van der Waals surface area contributed by atoms with Gasteiger partial charge in [-0.05, 0) is 120 Å². The van der Waals surface area contributed by atoms with Crippen molar-refractivity contribution in [3.05, 3.63) is 135 Å². The quantitative estimate of drug-likeness (QED) is 0.180. The zero-order chi connectivity index (χ0) is 35.9. The van der Waals surface area contributed by atoms with Gasteiger partial charge in [-0.15, -0.1) is 11.6 Å². The molecule has 11 rings (SSSR count). The van der Waals surface area contributed by atoms with E-state index < -0.39 is 0 Å². The Morgan fingerprint density at radius 3 is 1.83 bits per heavy atom. The molecule has 0 nitrogen and oxygen atoms in total. The van der Waals surface area contributed by atoms with Crippen LogP contribution in [0, 0.1) is 43.1 Å². The molecule has 7 aliphatic carbocycles. The standard InChI is InChI=1S/C25H25.C18H25.C7H6.2ClH.Zr/c1-14-12-24(3,4)22-8-16-7-17-9-23-19(15(2)13-25(23,5)6)11-21(17)20(16)10-18(14)22;1-12-3-13(2)17(4-12)11-18-8-14-5-15(9-18)7-16(6-14)10-18;1-7-5-3-2-4-6-7;;;/h8-12H,7H2,1-6H3;3-4,14-16H,5-11H2,1-2H3;1-6H;2*1H;/q2*-1;;;;+2/p-2. The Bertz CT molecular complexity index is 1970. The van der Waals surface area contributed by atoms with E-state index in [1.165, 1.54) is 97.4 Å². The van der Waals surface area contributed by atoms with Gasteiger partial charge >= 0.3 is 63.8 Å². The Hall–Kier alpha value is -2.18. The number of rotatable bonds is 3. The average molecular weight is 819 g/mol. The van der Waals surface area contributed by atoms with Crippen LogP contribution in [0.2, 0.25) is 0 Å². The zero-order valence-corrected chi connectivity index (χ0v) is 37.1. The second kappa shape index (κ2) is 15.1.